The molecule has 0 spiro atoms. The molecule has 5 heteroatoms. The number of aliphatic hydroxyl groups excluding tert-OH is 1. The Morgan fingerprint density at radius 3 is 2.44 bits per heavy atom. The van der Waals surface area contributed by atoms with Crippen LogP contribution in [0.5, 0.6) is 0 Å². The third-order valence-electron chi connectivity index (χ3n) is 3.25. The number of rotatable bonds is 2. The summed E-state index contributed by atoms with van der Waals surface area (Å²) in [7, 11) is 0. The first-order valence-corrected chi connectivity index (χ1v) is 5.99. The van der Waals surface area contributed by atoms with Gasteiger partial charge in [0.2, 0.25) is 0 Å². The van der Waals surface area contributed by atoms with Gasteiger partial charge in [0.05, 0.1) is 12.2 Å². The average molecular weight is 257 g/mol. The van der Waals surface area contributed by atoms with Crippen molar-refractivity contribution in [3.05, 3.63) is 29.3 Å². The van der Waals surface area contributed by atoms with Gasteiger partial charge in [-0.1, -0.05) is 0 Å². The molecule has 0 radical (unpaired) electrons. The highest BCUT2D eigenvalue weighted by molar-refractivity contribution is 5.51. The Bertz CT molecular complexity index is 426. The molecule has 1 aliphatic heterocycles. The molecule has 1 aromatic carbocycles. The molecule has 100 valence electrons. The largest absolute Gasteiger partial charge is 0.392 e. The zero-order valence-corrected chi connectivity index (χ0v) is 10.3. The Balaban J connectivity index is 2.33. The minimum Gasteiger partial charge on any atom is -0.392 e. The van der Waals surface area contributed by atoms with Gasteiger partial charge in [-0.05, 0) is 37.5 Å². The number of β-amino-alcohol motifs (C(OH)–C–C–N with tert-alkyl or cyclic N) is 1. The maximum Gasteiger partial charge on any atom is 0.149 e. The van der Waals surface area contributed by atoms with Crippen LogP contribution in [0.2, 0.25) is 0 Å². The molecule has 0 aliphatic carbocycles. The minimum absolute atomic E-state index is 0.118. The Kier molecular flexibility index (Phi) is 3.54. The lowest BCUT2D eigenvalue weighted by molar-refractivity contribution is 0.0446. The van der Waals surface area contributed by atoms with Crippen LogP contribution in [-0.2, 0) is 6.61 Å². The number of hydrogen-bond donors (Lipinski definition) is 2. The van der Waals surface area contributed by atoms with Crippen LogP contribution >= 0.6 is 0 Å². The van der Waals surface area contributed by atoms with Crippen LogP contribution in [-0.4, -0.2) is 28.9 Å². The third kappa shape index (κ3) is 2.62. The van der Waals surface area contributed by atoms with Gasteiger partial charge in [-0.2, -0.15) is 0 Å². The zero-order valence-electron chi connectivity index (χ0n) is 10.3. The Morgan fingerprint density at radius 1 is 1.33 bits per heavy atom. The molecule has 3 nitrogen and oxygen atoms in total. The zero-order chi connectivity index (χ0) is 13.3. The third-order valence-corrected chi connectivity index (χ3v) is 3.25. The number of benzene rings is 1. The van der Waals surface area contributed by atoms with Crippen molar-refractivity contribution in [2.75, 3.05) is 18.0 Å². The van der Waals surface area contributed by atoms with E-state index in [2.05, 4.69) is 0 Å². The summed E-state index contributed by atoms with van der Waals surface area (Å²) in [4.78, 5) is 1.52. The predicted octanol–water partition coefficient (Wildman–Crippen LogP) is 1.81. The molecular weight excluding hydrogens is 240 g/mol. The summed E-state index contributed by atoms with van der Waals surface area (Å²) in [5, 5.41) is 18.8. The average Bonchev–Trinajstić information content (AvgIpc) is 2.26. The minimum atomic E-state index is -0.924. The summed E-state index contributed by atoms with van der Waals surface area (Å²) in [6.45, 7) is 1.99. The fourth-order valence-corrected chi connectivity index (χ4v) is 2.42. The molecule has 1 unspecified atom stereocenters. The van der Waals surface area contributed by atoms with E-state index in [1.54, 1.807) is 6.92 Å². The fourth-order valence-electron chi connectivity index (χ4n) is 2.42. The molecule has 0 bridgehead atoms. The second kappa shape index (κ2) is 4.82. The van der Waals surface area contributed by atoms with Gasteiger partial charge in [-0.25, -0.2) is 8.78 Å². The highest BCUT2D eigenvalue weighted by Gasteiger charge is 2.31. The standard InChI is InChI=1S/C13H17F2NO2/c1-13(18)3-2-4-16(8-13)12-10(14)5-9(7-17)6-11(12)15/h5-6,17-18H,2-4,7-8H2,1H3. The first-order chi connectivity index (χ1) is 8.43. The van der Waals surface area contributed by atoms with Crippen molar-refractivity contribution in [1.82, 2.24) is 0 Å². The van der Waals surface area contributed by atoms with E-state index in [1.807, 2.05) is 0 Å². The molecule has 0 amide bonds. The molecular formula is C13H17F2NO2. The molecule has 1 fully saturated rings. The molecule has 2 rings (SSSR count). The molecule has 18 heavy (non-hydrogen) atoms. The molecule has 2 N–H and O–H groups in total. The van der Waals surface area contributed by atoms with Crippen LogP contribution in [0.1, 0.15) is 25.3 Å². The van der Waals surface area contributed by atoms with Crippen molar-refractivity contribution < 1.29 is 19.0 Å². The summed E-state index contributed by atoms with van der Waals surface area (Å²) >= 11 is 0. The lowest BCUT2D eigenvalue weighted by Crippen LogP contribution is -2.46. The van der Waals surface area contributed by atoms with Crippen molar-refractivity contribution in [3.63, 3.8) is 0 Å². The second-order valence-electron chi connectivity index (χ2n) is 5.09. The SMILES string of the molecule is CC1(O)CCCN(c2c(F)cc(CO)cc2F)C1. The quantitative estimate of drug-likeness (QED) is 0.849. The van der Waals surface area contributed by atoms with E-state index in [-0.39, 0.29) is 17.8 Å². The highest BCUT2D eigenvalue weighted by atomic mass is 19.1. The van der Waals surface area contributed by atoms with Crippen molar-refractivity contribution in [1.29, 1.82) is 0 Å². The fraction of sp³-hybridized carbons (Fsp3) is 0.538. The Labute approximate surface area is 105 Å². The summed E-state index contributed by atoms with van der Waals surface area (Å²) < 4.78 is 27.7. The van der Waals surface area contributed by atoms with Crippen LogP contribution in [0, 0.1) is 11.6 Å². The first kappa shape index (κ1) is 13.2. The lowest BCUT2D eigenvalue weighted by Gasteiger charge is -2.38. The van der Waals surface area contributed by atoms with Crippen LogP contribution in [0.25, 0.3) is 0 Å². The van der Waals surface area contributed by atoms with Gasteiger partial charge in [0.25, 0.3) is 0 Å². The summed E-state index contributed by atoms with van der Waals surface area (Å²) in [6.07, 6.45) is 1.31. The predicted molar refractivity (Wildman–Crippen MR) is 64.4 cm³/mol. The van der Waals surface area contributed by atoms with Gasteiger partial charge < -0.3 is 15.1 Å². The normalized spacial score (nSPS) is 24.4. The van der Waals surface area contributed by atoms with Crippen molar-refractivity contribution in [2.24, 2.45) is 0 Å². The second-order valence-corrected chi connectivity index (χ2v) is 5.09. The molecule has 1 heterocycles. The van der Waals surface area contributed by atoms with E-state index in [9.17, 15) is 13.9 Å². The first-order valence-electron chi connectivity index (χ1n) is 5.99. The summed E-state index contributed by atoms with van der Waals surface area (Å²) in [6, 6.07) is 2.25. The van der Waals surface area contributed by atoms with E-state index in [0.717, 1.165) is 12.1 Å². The smallest absolute Gasteiger partial charge is 0.149 e. The molecule has 1 aliphatic rings. The maximum atomic E-state index is 13.9. The van der Waals surface area contributed by atoms with Gasteiger partial charge in [-0.3, -0.25) is 0 Å². The lowest BCUT2D eigenvalue weighted by atomic mass is 9.94. The Morgan fingerprint density at radius 2 is 1.94 bits per heavy atom. The topological polar surface area (TPSA) is 43.7 Å². The van der Waals surface area contributed by atoms with Crippen LogP contribution in [0.15, 0.2) is 12.1 Å². The molecule has 0 aromatic heterocycles. The van der Waals surface area contributed by atoms with Gasteiger partial charge in [0.1, 0.15) is 17.3 Å². The molecule has 0 saturated carbocycles. The van der Waals surface area contributed by atoms with Crippen molar-refractivity contribution in [3.8, 4) is 0 Å². The van der Waals surface area contributed by atoms with Crippen molar-refractivity contribution >= 4 is 5.69 Å². The summed E-state index contributed by atoms with van der Waals surface area (Å²) in [5.41, 5.74) is -0.836. The van der Waals surface area contributed by atoms with Gasteiger partial charge in [0.15, 0.2) is 0 Å². The Hall–Kier alpha value is -1.20. The molecule has 1 atom stereocenters. The number of hydrogen-bond acceptors (Lipinski definition) is 3. The van der Waals surface area contributed by atoms with Crippen molar-refractivity contribution in [2.45, 2.75) is 32.0 Å². The van der Waals surface area contributed by atoms with Gasteiger partial charge >= 0.3 is 0 Å². The number of piperidine rings is 1. The maximum absolute atomic E-state index is 13.9. The van der Waals surface area contributed by atoms with Gasteiger partial charge in [-0.15, -0.1) is 0 Å². The molecule has 1 aromatic rings. The number of aliphatic hydroxyl groups is 2. The highest BCUT2D eigenvalue weighted by Crippen LogP contribution is 2.30. The monoisotopic (exact) mass is 257 g/mol. The van der Waals surface area contributed by atoms with Gasteiger partial charge in [0, 0.05) is 13.1 Å². The van der Waals surface area contributed by atoms with E-state index in [4.69, 9.17) is 5.11 Å². The van der Waals surface area contributed by atoms with E-state index >= 15 is 0 Å². The van der Waals surface area contributed by atoms with E-state index in [0.29, 0.717) is 19.4 Å². The number of anilines is 1. The number of halogens is 2. The molecule has 1 saturated heterocycles. The summed E-state index contributed by atoms with van der Waals surface area (Å²) in [5.74, 6) is -1.39. The van der Waals surface area contributed by atoms with Crippen LogP contribution in [0.4, 0.5) is 14.5 Å². The van der Waals surface area contributed by atoms with E-state index < -0.39 is 23.8 Å². The van der Waals surface area contributed by atoms with Crippen LogP contribution in [0.3, 0.4) is 0 Å². The van der Waals surface area contributed by atoms with E-state index in [1.165, 1.54) is 4.90 Å². The number of nitrogens with zero attached hydrogens (tertiary/aromatic N) is 1. The van der Waals surface area contributed by atoms with Crippen LogP contribution < -0.4 is 4.90 Å².